The summed E-state index contributed by atoms with van der Waals surface area (Å²) in [5, 5.41) is 8.02. The molecule has 4 nitrogen and oxygen atoms in total. The van der Waals surface area contributed by atoms with Gasteiger partial charge in [0.05, 0.1) is 5.69 Å². The third-order valence-corrected chi connectivity index (χ3v) is 2.85. The summed E-state index contributed by atoms with van der Waals surface area (Å²) in [5.41, 5.74) is 1.15. The Morgan fingerprint density at radius 1 is 1.33 bits per heavy atom. The summed E-state index contributed by atoms with van der Waals surface area (Å²) < 4.78 is 2.01. The number of hydrogen-bond acceptors (Lipinski definition) is 3. The SMILES string of the molecule is CC(C)CNCCN(C)Cc1ccn(C(C)C)n1. The van der Waals surface area contributed by atoms with Crippen LogP contribution in [0.4, 0.5) is 0 Å². The van der Waals surface area contributed by atoms with Gasteiger partial charge in [-0.25, -0.2) is 0 Å². The quantitative estimate of drug-likeness (QED) is 0.720. The highest BCUT2D eigenvalue weighted by atomic mass is 15.3. The molecule has 0 radical (unpaired) electrons. The van der Waals surface area contributed by atoms with Crippen LogP contribution in [0.1, 0.15) is 39.4 Å². The standard InChI is InChI=1S/C14H28N4/c1-12(2)10-15-7-9-17(5)11-14-6-8-18(16-14)13(3)4/h6,8,12-13,15H,7,9-11H2,1-5H3. The Labute approximate surface area is 111 Å². The Kier molecular flexibility index (Phi) is 6.36. The van der Waals surface area contributed by atoms with E-state index in [0.717, 1.165) is 37.8 Å². The second kappa shape index (κ2) is 7.54. The summed E-state index contributed by atoms with van der Waals surface area (Å²) in [5.74, 6) is 0.719. The zero-order chi connectivity index (χ0) is 13.5. The van der Waals surface area contributed by atoms with E-state index in [1.165, 1.54) is 0 Å². The lowest BCUT2D eigenvalue weighted by atomic mass is 10.2. The summed E-state index contributed by atoms with van der Waals surface area (Å²) in [7, 11) is 2.14. The van der Waals surface area contributed by atoms with Crippen LogP contribution in [0, 0.1) is 5.92 Å². The molecule has 0 aliphatic heterocycles. The van der Waals surface area contributed by atoms with Crippen LogP contribution in [0.2, 0.25) is 0 Å². The van der Waals surface area contributed by atoms with Gasteiger partial charge in [-0.1, -0.05) is 13.8 Å². The van der Waals surface area contributed by atoms with Crippen LogP contribution in [-0.4, -0.2) is 41.4 Å². The normalized spacial score (nSPS) is 12.0. The monoisotopic (exact) mass is 252 g/mol. The second-order valence-corrected chi connectivity index (χ2v) is 5.72. The molecule has 0 aliphatic rings. The molecule has 18 heavy (non-hydrogen) atoms. The number of hydrogen-bond donors (Lipinski definition) is 1. The first kappa shape index (κ1) is 15.2. The van der Waals surface area contributed by atoms with Gasteiger partial charge in [-0.15, -0.1) is 0 Å². The molecule has 0 aromatic carbocycles. The van der Waals surface area contributed by atoms with Crippen LogP contribution in [0.25, 0.3) is 0 Å². The highest BCUT2D eigenvalue weighted by Gasteiger charge is 2.05. The lowest BCUT2D eigenvalue weighted by molar-refractivity contribution is 0.316. The lowest BCUT2D eigenvalue weighted by Gasteiger charge is -2.16. The summed E-state index contributed by atoms with van der Waals surface area (Å²) >= 11 is 0. The molecule has 1 aromatic rings. The van der Waals surface area contributed by atoms with E-state index in [9.17, 15) is 0 Å². The average molecular weight is 252 g/mol. The third-order valence-electron chi connectivity index (χ3n) is 2.85. The van der Waals surface area contributed by atoms with Crippen LogP contribution >= 0.6 is 0 Å². The Balaban J connectivity index is 2.24. The molecule has 4 heteroatoms. The van der Waals surface area contributed by atoms with E-state index in [2.05, 4.69) is 62.3 Å². The number of rotatable bonds is 8. The van der Waals surface area contributed by atoms with Crippen molar-refractivity contribution in [1.82, 2.24) is 20.0 Å². The first-order valence-corrected chi connectivity index (χ1v) is 6.92. The van der Waals surface area contributed by atoms with E-state index in [-0.39, 0.29) is 0 Å². The first-order chi connectivity index (χ1) is 8.49. The van der Waals surface area contributed by atoms with Crippen molar-refractivity contribution in [3.63, 3.8) is 0 Å². The fraction of sp³-hybridized carbons (Fsp3) is 0.786. The topological polar surface area (TPSA) is 33.1 Å². The van der Waals surface area contributed by atoms with Crippen LogP contribution in [0.3, 0.4) is 0 Å². The maximum Gasteiger partial charge on any atom is 0.0764 e. The van der Waals surface area contributed by atoms with E-state index in [1.807, 2.05) is 4.68 Å². The fourth-order valence-electron chi connectivity index (χ4n) is 1.77. The minimum absolute atomic E-state index is 0.441. The van der Waals surface area contributed by atoms with Gasteiger partial charge in [-0.3, -0.25) is 9.58 Å². The molecule has 0 unspecified atom stereocenters. The van der Waals surface area contributed by atoms with Crippen molar-refractivity contribution in [3.8, 4) is 0 Å². The molecule has 1 N–H and O–H groups in total. The van der Waals surface area contributed by atoms with Gasteiger partial charge in [-0.05, 0) is 39.4 Å². The molecule has 0 saturated heterocycles. The minimum Gasteiger partial charge on any atom is -0.315 e. The Morgan fingerprint density at radius 2 is 2.06 bits per heavy atom. The predicted octanol–water partition coefficient (Wildman–Crippen LogP) is 2.14. The molecular formula is C14H28N4. The third kappa shape index (κ3) is 5.65. The molecule has 0 saturated carbocycles. The van der Waals surface area contributed by atoms with Crippen LogP contribution in [0.5, 0.6) is 0 Å². The zero-order valence-corrected chi connectivity index (χ0v) is 12.5. The Bertz CT molecular complexity index is 330. The average Bonchev–Trinajstić information content (AvgIpc) is 2.72. The molecule has 1 heterocycles. The van der Waals surface area contributed by atoms with Crippen molar-refractivity contribution in [2.75, 3.05) is 26.7 Å². The summed E-state index contributed by atoms with van der Waals surface area (Å²) in [6.45, 7) is 12.9. The molecule has 0 atom stereocenters. The van der Waals surface area contributed by atoms with E-state index >= 15 is 0 Å². The molecule has 104 valence electrons. The van der Waals surface area contributed by atoms with Gasteiger partial charge in [0.1, 0.15) is 0 Å². The van der Waals surface area contributed by atoms with Crippen LogP contribution in [0.15, 0.2) is 12.3 Å². The lowest BCUT2D eigenvalue weighted by Crippen LogP contribution is -2.31. The molecule has 0 amide bonds. The maximum absolute atomic E-state index is 4.56. The predicted molar refractivity (Wildman–Crippen MR) is 76.7 cm³/mol. The van der Waals surface area contributed by atoms with Gasteiger partial charge in [0.2, 0.25) is 0 Å². The summed E-state index contributed by atoms with van der Waals surface area (Å²) in [6, 6.07) is 2.55. The molecule has 1 aromatic heterocycles. The highest BCUT2D eigenvalue weighted by Crippen LogP contribution is 2.05. The van der Waals surface area contributed by atoms with Gasteiger partial charge in [0.15, 0.2) is 0 Å². The number of nitrogens with one attached hydrogen (secondary N) is 1. The smallest absolute Gasteiger partial charge is 0.0764 e. The van der Waals surface area contributed by atoms with Gasteiger partial charge in [0.25, 0.3) is 0 Å². The molecule has 1 rings (SSSR count). The van der Waals surface area contributed by atoms with Crippen LogP contribution in [-0.2, 0) is 6.54 Å². The molecule has 0 bridgehead atoms. The number of aromatic nitrogens is 2. The van der Waals surface area contributed by atoms with Gasteiger partial charge >= 0.3 is 0 Å². The Hall–Kier alpha value is -0.870. The number of likely N-dealkylation sites (N-methyl/N-ethyl adjacent to an activating group) is 1. The van der Waals surface area contributed by atoms with E-state index in [0.29, 0.717) is 6.04 Å². The Morgan fingerprint density at radius 3 is 2.61 bits per heavy atom. The van der Waals surface area contributed by atoms with Crippen LogP contribution < -0.4 is 5.32 Å². The van der Waals surface area contributed by atoms with Crippen molar-refractivity contribution >= 4 is 0 Å². The number of nitrogens with zero attached hydrogens (tertiary/aromatic N) is 3. The van der Waals surface area contributed by atoms with Crippen molar-refractivity contribution in [2.24, 2.45) is 5.92 Å². The zero-order valence-electron chi connectivity index (χ0n) is 12.5. The maximum atomic E-state index is 4.56. The van der Waals surface area contributed by atoms with Gasteiger partial charge in [0, 0.05) is 31.9 Å². The van der Waals surface area contributed by atoms with Crippen molar-refractivity contribution in [2.45, 2.75) is 40.3 Å². The van der Waals surface area contributed by atoms with Gasteiger partial charge < -0.3 is 5.32 Å². The first-order valence-electron chi connectivity index (χ1n) is 6.92. The van der Waals surface area contributed by atoms with Crippen molar-refractivity contribution in [3.05, 3.63) is 18.0 Å². The fourth-order valence-corrected chi connectivity index (χ4v) is 1.77. The van der Waals surface area contributed by atoms with Gasteiger partial charge in [-0.2, -0.15) is 5.10 Å². The highest BCUT2D eigenvalue weighted by molar-refractivity contribution is 4.99. The second-order valence-electron chi connectivity index (χ2n) is 5.72. The minimum atomic E-state index is 0.441. The van der Waals surface area contributed by atoms with Crippen molar-refractivity contribution in [1.29, 1.82) is 0 Å². The molecule has 0 spiro atoms. The molecular weight excluding hydrogens is 224 g/mol. The van der Waals surface area contributed by atoms with E-state index in [4.69, 9.17) is 0 Å². The molecule has 0 aliphatic carbocycles. The summed E-state index contributed by atoms with van der Waals surface area (Å²) in [6.07, 6.45) is 2.06. The molecule has 0 fully saturated rings. The summed E-state index contributed by atoms with van der Waals surface area (Å²) in [4.78, 5) is 2.31. The van der Waals surface area contributed by atoms with E-state index < -0.39 is 0 Å². The van der Waals surface area contributed by atoms with E-state index in [1.54, 1.807) is 0 Å². The van der Waals surface area contributed by atoms with Crippen molar-refractivity contribution < 1.29 is 0 Å². The largest absolute Gasteiger partial charge is 0.315 e.